The monoisotopic (exact) mass is 404 g/mol. The Kier molecular flexibility index (Phi) is 5.62. The summed E-state index contributed by atoms with van der Waals surface area (Å²) < 4.78 is 7.75. The first kappa shape index (κ1) is 19.1. The van der Waals surface area contributed by atoms with Crippen molar-refractivity contribution >= 4 is 45.0 Å². The first-order chi connectivity index (χ1) is 13.0. The molecule has 1 atom stereocenters. The van der Waals surface area contributed by atoms with Gasteiger partial charge in [-0.05, 0) is 36.8 Å². The fraction of sp³-hybridized carbons (Fsp3) is 0.211. The van der Waals surface area contributed by atoms with E-state index < -0.39 is 17.9 Å². The van der Waals surface area contributed by atoms with Crippen LogP contribution in [0.15, 0.2) is 47.5 Å². The van der Waals surface area contributed by atoms with Crippen molar-refractivity contribution in [2.24, 2.45) is 4.99 Å². The van der Waals surface area contributed by atoms with E-state index in [-0.39, 0.29) is 0 Å². The molecule has 1 heterocycles. The summed E-state index contributed by atoms with van der Waals surface area (Å²) in [5.74, 6) is -0.961. The van der Waals surface area contributed by atoms with Crippen molar-refractivity contribution in [3.8, 4) is 5.75 Å². The molecule has 1 amide bonds. The molecule has 0 saturated heterocycles. The fourth-order valence-electron chi connectivity index (χ4n) is 2.84. The Labute approximate surface area is 164 Å². The number of rotatable bonds is 5. The predicted molar refractivity (Wildman–Crippen MR) is 105 cm³/mol. The van der Waals surface area contributed by atoms with Crippen LogP contribution in [0, 0.1) is 0 Å². The van der Waals surface area contributed by atoms with E-state index in [9.17, 15) is 14.7 Å². The Morgan fingerprint density at radius 3 is 2.67 bits per heavy atom. The molecule has 2 aromatic carbocycles. The third-order valence-electron chi connectivity index (χ3n) is 4.08. The van der Waals surface area contributed by atoms with Crippen LogP contribution in [0.1, 0.15) is 29.7 Å². The van der Waals surface area contributed by atoms with Crippen LogP contribution in [-0.4, -0.2) is 28.7 Å². The second-order valence-electron chi connectivity index (χ2n) is 5.75. The average molecular weight is 405 g/mol. The number of fused-ring (bicyclic) bond motifs is 1. The maximum Gasteiger partial charge on any atom is 0.326 e. The van der Waals surface area contributed by atoms with Crippen molar-refractivity contribution in [1.29, 1.82) is 0 Å². The van der Waals surface area contributed by atoms with Crippen molar-refractivity contribution < 1.29 is 19.4 Å². The molecule has 1 unspecified atom stereocenters. The average Bonchev–Trinajstić information content (AvgIpc) is 3.00. The maximum atomic E-state index is 12.6. The van der Waals surface area contributed by atoms with E-state index in [2.05, 4.69) is 4.99 Å². The Morgan fingerprint density at radius 2 is 2.04 bits per heavy atom. The lowest BCUT2D eigenvalue weighted by Gasteiger charge is -2.15. The molecule has 1 aromatic heterocycles. The van der Waals surface area contributed by atoms with Gasteiger partial charge in [0.05, 0.1) is 11.8 Å². The van der Waals surface area contributed by atoms with Gasteiger partial charge < -0.3 is 9.84 Å². The van der Waals surface area contributed by atoms with Crippen molar-refractivity contribution in [2.45, 2.75) is 19.4 Å². The number of aromatic nitrogens is 1. The van der Waals surface area contributed by atoms with E-state index in [1.54, 1.807) is 35.8 Å². The summed E-state index contributed by atoms with van der Waals surface area (Å²) in [6.07, 6.45) is 0.331. The number of carbonyl (C=O) groups excluding carboxylic acids is 1. The Morgan fingerprint density at radius 1 is 1.30 bits per heavy atom. The van der Waals surface area contributed by atoms with Crippen LogP contribution in [0.25, 0.3) is 10.2 Å². The van der Waals surface area contributed by atoms with E-state index in [0.717, 1.165) is 4.70 Å². The molecule has 0 spiro atoms. The van der Waals surface area contributed by atoms with Crippen molar-refractivity contribution in [3.63, 3.8) is 0 Å². The number of hydrogen-bond donors (Lipinski definition) is 1. The minimum Gasteiger partial charge on any atom is -0.495 e. The van der Waals surface area contributed by atoms with Gasteiger partial charge in [-0.25, -0.2) is 4.79 Å². The molecular weight excluding hydrogens is 388 g/mol. The van der Waals surface area contributed by atoms with Crippen LogP contribution in [0.5, 0.6) is 5.75 Å². The molecule has 0 bridgehead atoms. The van der Waals surface area contributed by atoms with Crippen LogP contribution >= 0.6 is 22.9 Å². The van der Waals surface area contributed by atoms with Gasteiger partial charge in [-0.1, -0.05) is 42.0 Å². The Balaban J connectivity index is 2.29. The lowest BCUT2D eigenvalue weighted by molar-refractivity contribution is -0.140. The number of halogens is 1. The van der Waals surface area contributed by atoms with Crippen LogP contribution in [-0.2, 0) is 4.79 Å². The number of carboxylic acid groups (broad SMARTS) is 1. The molecule has 1 N–H and O–H groups in total. The summed E-state index contributed by atoms with van der Waals surface area (Å²) >= 11 is 7.19. The van der Waals surface area contributed by atoms with Gasteiger partial charge in [0.25, 0.3) is 5.91 Å². The molecule has 140 valence electrons. The highest BCUT2D eigenvalue weighted by Crippen LogP contribution is 2.30. The van der Waals surface area contributed by atoms with Crippen molar-refractivity contribution in [3.05, 3.63) is 57.9 Å². The molecule has 3 aromatic rings. The molecule has 0 radical (unpaired) electrons. The molecule has 6 nitrogen and oxygen atoms in total. The molecule has 0 fully saturated rings. The van der Waals surface area contributed by atoms with Gasteiger partial charge in [-0.2, -0.15) is 4.99 Å². The zero-order valence-corrected chi connectivity index (χ0v) is 16.3. The van der Waals surface area contributed by atoms with Gasteiger partial charge >= 0.3 is 5.97 Å². The number of hydrogen-bond acceptors (Lipinski definition) is 4. The third kappa shape index (κ3) is 3.74. The van der Waals surface area contributed by atoms with E-state index in [4.69, 9.17) is 16.3 Å². The SMILES string of the molecule is CCC(C(=O)O)n1c(=NC(=O)c2cccc(Cl)c2)sc2cccc(OC)c21. The standard InChI is InChI=1S/C19H17ClN2O4S/c1-3-13(18(24)25)22-16-14(26-2)8-5-9-15(16)27-19(22)21-17(23)11-6-4-7-12(20)10-11/h4-10,13H,3H2,1-2H3,(H,24,25). The van der Waals surface area contributed by atoms with Gasteiger partial charge in [-0.15, -0.1) is 0 Å². The fourth-order valence-corrected chi connectivity index (χ4v) is 4.11. The van der Waals surface area contributed by atoms with Gasteiger partial charge in [0.1, 0.15) is 17.3 Å². The normalized spacial score (nSPS) is 12.9. The second-order valence-corrected chi connectivity index (χ2v) is 7.20. The molecule has 0 aliphatic carbocycles. The molecule has 3 rings (SSSR count). The highest BCUT2D eigenvalue weighted by Gasteiger charge is 2.24. The first-order valence-electron chi connectivity index (χ1n) is 8.21. The van der Waals surface area contributed by atoms with E-state index in [1.807, 2.05) is 12.1 Å². The third-order valence-corrected chi connectivity index (χ3v) is 5.34. The van der Waals surface area contributed by atoms with Crippen molar-refractivity contribution in [2.75, 3.05) is 7.11 Å². The molecule has 27 heavy (non-hydrogen) atoms. The highest BCUT2D eigenvalue weighted by atomic mass is 35.5. The number of thiazole rings is 1. The lowest BCUT2D eigenvalue weighted by atomic mass is 10.2. The topological polar surface area (TPSA) is 80.9 Å². The summed E-state index contributed by atoms with van der Waals surface area (Å²) in [5.41, 5.74) is 0.943. The lowest BCUT2D eigenvalue weighted by Crippen LogP contribution is -2.27. The molecular formula is C19H17ClN2O4S. The largest absolute Gasteiger partial charge is 0.495 e. The number of methoxy groups -OCH3 is 1. The number of nitrogens with zero attached hydrogens (tertiary/aromatic N) is 2. The summed E-state index contributed by atoms with van der Waals surface area (Å²) in [7, 11) is 1.52. The zero-order chi connectivity index (χ0) is 19.6. The van der Waals surface area contributed by atoms with Gasteiger partial charge in [0.15, 0.2) is 4.80 Å². The minimum atomic E-state index is -1.00. The quantitative estimate of drug-likeness (QED) is 0.692. The van der Waals surface area contributed by atoms with Crippen LogP contribution in [0.2, 0.25) is 5.02 Å². The van der Waals surface area contributed by atoms with Gasteiger partial charge in [0, 0.05) is 10.6 Å². The maximum absolute atomic E-state index is 12.6. The molecule has 0 saturated carbocycles. The molecule has 0 aliphatic heterocycles. The summed E-state index contributed by atoms with van der Waals surface area (Å²) in [4.78, 5) is 28.9. The Hall–Kier alpha value is -2.64. The van der Waals surface area contributed by atoms with Gasteiger partial charge in [0.2, 0.25) is 0 Å². The Bertz CT molecular complexity index is 1090. The second kappa shape index (κ2) is 7.94. The molecule has 0 aliphatic rings. The van der Waals surface area contributed by atoms with Crippen LogP contribution in [0.4, 0.5) is 0 Å². The first-order valence-corrected chi connectivity index (χ1v) is 9.41. The summed E-state index contributed by atoms with van der Waals surface area (Å²) in [5, 5.41) is 10.1. The minimum absolute atomic E-state index is 0.300. The van der Waals surface area contributed by atoms with E-state index in [1.165, 1.54) is 24.5 Å². The summed E-state index contributed by atoms with van der Waals surface area (Å²) in [6.45, 7) is 1.77. The van der Waals surface area contributed by atoms with E-state index in [0.29, 0.717) is 33.1 Å². The number of benzene rings is 2. The number of ether oxygens (including phenoxy) is 1. The smallest absolute Gasteiger partial charge is 0.326 e. The predicted octanol–water partition coefficient (Wildman–Crippen LogP) is 4.14. The molecule has 8 heteroatoms. The number of carbonyl (C=O) groups is 2. The van der Waals surface area contributed by atoms with Gasteiger partial charge in [-0.3, -0.25) is 9.36 Å². The van der Waals surface area contributed by atoms with Crippen molar-refractivity contribution in [1.82, 2.24) is 4.57 Å². The number of para-hydroxylation sites is 1. The van der Waals surface area contributed by atoms with E-state index >= 15 is 0 Å². The number of carboxylic acids is 1. The number of aliphatic carboxylic acids is 1. The zero-order valence-electron chi connectivity index (χ0n) is 14.7. The van der Waals surface area contributed by atoms with Crippen LogP contribution in [0.3, 0.4) is 0 Å². The summed E-state index contributed by atoms with van der Waals surface area (Å²) in [6, 6.07) is 11.0. The highest BCUT2D eigenvalue weighted by molar-refractivity contribution is 7.16. The van der Waals surface area contributed by atoms with Crippen LogP contribution < -0.4 is 9.54 Å². The number of amides is 1.